The molecule has 0 aliphatic carbocycles. The Hall–Kier alpha value is -3.30. The molecule has 4 aromatic rings. The van der Waals surface area contributed by atoms with Crippen molar-refractivity contribution in [1.82, 2.24) is 0 Å². The molecular weight excluding hydrogens is 544 g/mol. The van der Waals surface area contributed by atoms with E-state index >= 15 is 0 Å². The topological polar surface area (TPSA) is 98.7 Å². The van der Waals surface area contributed by atoms with Gasteiger partial charge in [0.25, 0.3) is 0 Å². The largest absolute Gasteiger partial charge is 0.772 e. The summed E-state index contributed by atoms with van der Waals surface area (Å²) in [5.41, 5.74) is 4.60. The van der Waals surface area contributed by atoms with Crippen molar-refractivity contribution in [2.45, 2.75) is 24.7 Å². The highest BCUT2D eigenvalue weighted by atomic mass is 32.2. The van der Waals surface area contributed by atoms with Gasteiger partial charge in [0.2, 0.25) is 0 Å². The Kier molecular flexibility index (Phi) is 11.5. The van der Waals surface area contributed by atoms with Crippen LogP contribution in [-0.4, -0.2) is 42.2 Å². The van der Waals surface area contributed by atoms with Crippen LogP contribution in [-0.2, 0) is 22.2 Å². The molecule has 0 fully saturated rings. The Morgan fingerprint density at radius 1 is 0.500 bits per heavy atom. The Morgan fingerprint density at radius 3 is 1.15 bits per heavy atom. The molecule has 0 aliphatic rings. The van der Waals surface area contributed by atoms with Crippen LogP contribution in [0.5, 0.6) is 11.5 Å². The van der Waals surface area contributed by atoms with E-state index in [4.69, 9.17) is 9.47 Å². The van der Waals surface area contributed by atoms with Crippen LogP contribution in [0.3, 0.4) is 0 Å². The average Bonchev–Trinajstić information content (AvgIpc) is 2.98. The molecule has 0 saturated carbocycles. The summed E-state index contributed by atoms with van der Waals surface area (Å²) in [7, 11) is 0. The summed E-state index contributed by atoms with van der Waals surface area (Å²) in [6.45, 7) is 0.677. The second-order valence-electron chi connectivity index (χ2n) is 9.33. The summed E-state index contributed by atoms with van der Waals surface area (Å²) in [5, 5.41) is 0. The summed E-state index contributed by atoms with van der Waals surface area (Å²) in [6.07, 6.45) is 0.886. The van der Waals surface area contributed by atoms with Gasteiger partial charge in [0.15, 0.2) is 0 Å². The smallest absolute Gasteiger partial charge is 0.119 e. The van der Waals surface area contributed by atoms with E-state index in [1.165, 1.54) is 11.1 Å². The molecule has 4 atom stereocenters. The van der Waals surface area contributed by atoms with Gasteiger partial charge < -0.3 is 18.6 Å². The van der Waals surface area contributed by atoms with E-state index in [1.54, 1.807) is 0 Å². The number of hydrogen-bond donors (Lipinski definition) is 0. The molecule has 40 heavy (non-hydrogen) atoms. The van der Waals surface area contributed by atoms with Crippen LogP contribution >= 0.6 is 0 Å². The molecule has 4 aromatic carbocycles. The van der Waals surface area contributed by atoms with E-state index in [9.17, 15) is 17.5 Å². The fraction of sp³-hybridized carbons (Fsp3) is 0.250. The summed E-state index contributed by atoms with van der Waals surface area (Å²) >= 11 is -4.13. The predicted molar refractivity (Wildman–Crippen MR) is 157 cm³/mol. The molecule has 4 unspecified atom stereocenters. The standard InChI is InChI=1S/C32H34O6S2/c33-39(34)23-7-21-37-29-17-13-27(14-18-29)31(25-9-3-1-4-10-25)32(26-11-5-2-6-12-26)28-15-19-30(20-16-28)38-22-8-24-40(35)36/h1-6,9-20,31-32H,7-8,21-24H2,(H,33,34)(H,35,36)/p-2. The minimum Gasteiger partial charge on any atom is -0.772 e. The molecule has 0 radical (unpaired) electrons. The summed E-state index contributed by atoms with van der Waals surface area (Å²) in [4.78, 5) is 0. The van der Waals surface area contributed by atoms with Gasteiger partial charge in [-0.1, -0.05) is 107 Å². The molecule has 0 aromatic heterocycles. The zero-order valence-corrected chi connectivity index (χ0v) is 23.7. The molecule has 0 aliphatic heterocycles. The van der Waals surface area contributed by atoms with Crippen LogP contribution in [0, 0.1) is 0 Å². The second-order valence-corrected chi connectivity index (χ2v) is 11.4. The molecule has 4 rings (SSSR count). The summed E-state index contributed by atoms with van der Waals surface area (Å²) < 4.78 is 54.7. The second kappa shape index (κ2) is 15.5. The van der Waals surface area contributed by atoms with Crippen LogP contribution in [0.25, 0.3) is 0 Å². The SMILES string of the molecule is O=S([O-])CCCOc1ccc(C(c2ccccc2)C(c2ccccc2)c2ccc(OCCCS(=O)[O-])cc2)cc1. The first-order chi connectivity index (χ1) is 19.5. The lowest BCUT2D eigenvalue weighted by molar-refractivity contribution is 0.317. The van der Waals surface area contributed by atoms with Crippen molar-refractivity contribution in [2.75, 3.05) is 24.7 Å². The van der Waals surface area contributed by atoms with Crippen LogP contribution in [0.15, 0.2) is 109 Å². The first-order valence-electron chi connectivity index (χ1n) is 13.2. The predicted octanol–water partition coefficient (Wildman–Crippen LogP) is 5.95. The van der Waals surface area contributed by atoms with Gasteiger partial charge in [0.05, 0.1) is 13.2 Å². The third-order valence-corrected chi connectivity index (χ3v) is 7.82. The van der Waals surface area contributed by atoms with Gasteiger partial charge in [-0.05, 0) is 59.4 Å². The lowest BCUT2D eigenvalue weighted by Crippen LogP contribution is -2.15. The number of hydrogen-bond acceptors (Lipinski definition) is 6. The number of rotatable bonds is 15. The summed E-state index contributed by atoms with van der Waals surface area (Å²) in [6, 6.07) is 36.9. The zero-order valence-electron chi connectivity index (χ0n) is 22.1. The van der Waals surface area contributed by atoms with Crippen molar-refractivity contribution in [2.24, 2.45) is 0 Å². The van der Waals surface area contributed by atoms with Crippen molar-refractivity contribution in [3.05, 3.63) is 131 Å². The van der Waals surface area contributed by atoms with Crippen LogP contribution in [0.1, 0.15) is 46.9 Å². The highest BCUT2D eigenvalue weighted by Crippen LogP contribution is 2.43. The van der Waals surface area contributed by atoms with E-state index in [2.05, 4.69) is 48.5 Å². The fourth-order valence-electron chi connectivity index (χ4n) is 4.75. The van der Waals surface area contributed by atoms with Gasteiger partial charge in [0.1, 0.15) is 11.5 Å². The highest BCUT2D eigenvalue weighted by Gasteiger charge is 2.28. The Bertz CT molecular complexity index is 1240. The van der Waals surface area contributed by atoms with Gasteiger partial charge in [-0.15, -0.1) is 0 Å². The lowest BCUT2D eigenvalue weighted by Gasteiger charge is -2.30. The van der Waals surface area contributed by atoms with Crippen molar-refractivity contribution >= 4 is 22.2 Å². The number of ether oxygens (including phenoxy) is 2. The fourth-order valence-corrected chi connectivity index (χ4v) is 5.46. The molecule has 0 bridgehead atoms. The molecular formula is C32H32O6S2-2. The Balaban J connectivity index is 1.64. The molecule has 0 saturated heterocycles. The molecule has 8 heteroatoms. The zero-order chi connectivity index (χ0) is 28.2. The third kappa shape index (κ3) is 8.86. The quantitative estimate of drug-likeness (QED) is 0.128. The molecule has 6 nitrogen and oxygen atoms in total. The lowest BCUT2D eigenvalue weighted by atomic mass is 9.74. The van der Waals surface area contributed by atoms with Crippen molar-refractivity contribution in [3.8, 4) is 11.5 Å². The normalized spacial score (nSPS) is 14.2. The maximum Gasteiger partial charge on any atom is 0.119 e. The minimum atomic E-state index is -2.06. The van der Waals surface area contributed by atoms with E-state index in [-0.39, 0.29) is 23.3 Å². The van der Waals surface area contributed by atoms with E-state index in [1.807, 2.05) is 60.7 Å². The van der Waals surface area contributed by atoms with E-state index in [0.29, 0.717) is 37.6 Å². The highest BCUT2D eigenvalue weighted by molar-refractivity contribution is 7.79. The molecule has 0 spiro atoms. The molecule has 0 N–H and O–H groups in total. The van der Waals surface area contributed by atoms with Crippen LogP contribution in [0.4, 0.5) is 0 Å². The first-order valence-corrected chi connectivity index (χ1v) is 15.7. The molecule has 0 heterocycles. The van der Waals surface area contributed by atoms with Crippen molar-refractivity contribution in [3.63, 3.8) is 0 Å². The first kappa shape index (κ1) is 29.7. The van der Waals surface area contributed by atoms with Gasteiger partial charge in [-0.3, -0.25) is 8.42 Å². The number of benzene rings is 4. The van der Waals surface area contributed by atoms with Gasteiger partial charge in [-0.25, -0.2) is 0 Å². The van der Waals surface area contributed by atoms with Crippen LogP contribution < -0.4 is 9.47 Å². The monoisotopic (exact) mass is 576 g/mol. The van der Waals surface area contributed by atoms with E-state index in [0.717, 1.165) is 11.1 Å². The molecule has 210 valence electrons. The Morgan fingerprint density at radius 2 is 0.825 bits per heavy atom. The third-order valence-electron chi connectivity index (χ3n) is 6.58. The van der Waals surface area contributed by atoms with Gasteiger partial charge in [0, 0.05) is 23.3 Å². The van der Waals surface area contributed by atoms with E-state index < -0.39 is 22.2 Å². The average molecular weight is 577 g/mol. The van der Waals surface area contributed by atoms with Gasteiger partial charge in [-0.2, -0.15) is 0 Å². The van der Waals surface area contributed by atoms with Crippen molar-refractivity contribution < 1.29 is 27.0 Å². The van der Waals surface area contributed by atoms with Gasteiger partial charge >= 0.3 is 0 Å². The minimum absolute atomic E-state index is 0.000614. The van der Waals surface area contributed by atoms with Crippen molar-refractivity contribution in [1.29, 1.82) is 0 Å². The maximum atomic E-state index is 10.8. The maximum absolute atomic E-state index is 10.8. The molecule has 0 amide bonds. The van der Waals surface area contributed by atoms with Crippen LogP contribution in [0.2, 0.25) is 0 Å². The summed E-state index contributed by atoms with van der Waals surface area (Å²) in [5.74, 6) is 1.56. The Labute approximate surface area is 241 Å².